The van der Waals surface area contributed by atoms with Crippen LogP contribution in [0.25, 0.3) is 0 Å². The van der Waals surface area contributed by atoms with E-state index in [9.17, 15) is 0 Å². The van der Waals surface area contributed by atoms with Crippen LogP contribution in [0.5, 0.6) is 0 Å². The van der Waals surface area contributed by atoms with E-state index in [1.807, 2.05) is 0 Å². The SMILES string of the molecule is CCCCCCC[C@@H]1C[C@H]1CCCC. The maximum Gasteiger partial charge on any atom is -0.0383 e. The fourth-order valence-corrected chi connectivity index (χ4v) is 2.49. The molecule has 0 N–H and O–H groups in total. The first-order valence-electron chi connectivity index (χ1n) is 6.88. The molecule has 0 amide bonds. The maximum atomic E-state index is 2.31. The fourth-order valence-electron chi connectivity index (χ4n) is 2.49. The Balaban J connectivity index is 1.80. The predicted molar refractivity (Wildman–Crippen MR) is 64.5 cm³/mol. The van der Waals surface area contributed by atoms with E-state index in [4.69, 9.17) is 0 Å². The summed E-state index contributed by atoms with van der Waals surface area (Å²) in [5.74, 6) is 2.28. The average molecular weight is 196 g/mol. The normalized spacial score (nSPS) is 25.3. The van der Waals surface area contributed by atoms with Crippen LogP contribution in [0.1, 0.15) is 78.1 Å². The van der Waals surface area contributed by atoms with Crippen LogP contribution >= 0.6 is 0 Å². The Kier molecular flexibility index (Phi) is 6.31. The minimum atomic E-state index is 1.14. The minimum absolute atomic E-state index is 1.14. The van der Waals surface area contributed by atoms with Crippen LogP contribution in [0.4, 0.5) is 0 Å². The second-order valence-electron chi connectivity index (χ2n) is 5.10. The second kappa shape index (κ2) is 7.31. The lowest BCUT2D eigenvalue weighted by Crippen LogP contribution is -1.85. The summed E-state index contributed by atoms with van der Waals surface area (Å²) in [5.41, 5.74) is 0. The molecule has 0 aromatic heterocycles. The summed E-state index contributed by atoms with van der Waals surface area (Å²) in [6.07, 6.45) is 14.8. The van der Waals surface area contributed by atoms with E-state index in [-0.39, 0.29) is 0 Å². The summed E-state index contributed by atoms with van der Waals surface area (Å²) in [6.45, 7) is 4.60. The van der Waals surface area contributed by atoms with Gasteiger partial charge in [0.05, 0.1) is 0 Å². The lowest BCUT2D eigenvalue weighted by Gasteiger charge is -2.00. The Morgan fingerprint density at radius 2 is 1.29 bits per heavy atom. The molecule has 0 aromatic carbocycles. The van der Waals surface area contributed by atoms with Gasteiger partial charge in [0.1, 0.15) is 0 Å². The third-order valence-electron chi connectivity index (χ3n) is 3.68. The van der Waals surface area contributed by atoms with Gasteiger partial charge in [-0.25, -0.2) is 0 Å². The van der Waals surface area contributed by atoms with Gasteiger partial charge in [-0.2, -0.15) is 0 Å². The highest BCUT2D eigenvalue weighted by molar-refractivity contribution is 4.85. The summed E-state index contributed by atoms with van der Waals surface area (Å²) in [6, 6.07) is 0. The van der Waals surface area contributed by atoms with E-state index in [1.165, 1.54) is 57.8 Å². The predicted octanol–water partition coefficient (Wildman–Crippen LogP) is 5.17. The van der Waals surface area contributed by atoms with Crippen molar-refractivity contribution in [1.29, 1.82) is 0 Å². The fraction of sp³-hybridized carbons (Fsp3) is 1.00. The average Bonchev–Trinajstić information content (AvgIpc) is 2.93. The molecule has 2 atom stereocenters. The summed E-state index contributed by atoms with van der Waals surface area (Å²) >= 11 is 0. The van der Waals surface area contributed by atoms with E-state index >= 15 is 0 Å². The molecule has 1 saturated carbocycles. The standard InChI is InChI=1S/C14H28/c1-3-5-7-8-9-11-14-12-13(14)10-6-4-2/h13-14H,3-12H2,1-2H3/t13-,14-/m1/s1. The van der Waals surface area contributed by atoms with Gasteiger partial charge in [0, 0.05) is 0 Å². The molecule has 0 saturated heterocycles. The lowest BCUT2D eigenvalue weighted by molar-refractivity contribution is 0.534. The molecule has 0 nitrogen and oxygen atoms in total. The van der Waals surface area contributed by atoms with Gasteiger partial charge < -0.3 is 0 Å². The van der Waals surface area contributed by atoms with Crippen LogP contribution < -0.4 is 0 Å². The van der Waals surface area contributed by atoms with Crippen LogP contribution in [0, 0.1) is 11.8 Å². The zero-order valence-corrected chi connectivity index (χ0v) is 10.2. The van der Waals surface area contributed by atoms with Crippen molar-refractivity contribution >= 4 is 0 Å². The molecule has 14 heavy (non-hydrogen) atoms. The van der Waals surface area contributed by atoms with Gasteiger partial charge in [-0.3, -0.25) is 0 Å². The van der Waals surface area contributed by atoms with Crippen LogP contribution in [0.15, 0.2) is 0 Å². The molecule has 0 aliphatic heterocycles. The van der Waals surface area contributed by atoms with E-state index < -0.39 is 0 Å². The molecular weight excluding hydrogens is 168 g/mol. The summed E-state index contributed by atoms with van der Waals surface area (Å²) in [5, 5.41) is 0. The molecule has 0 radical (unpaired) electrons. The highest BCUT2D eigenvalue weighted by atomic mass is 14.4. The topological polar surface area (TPSA) is 0 Å². The second-order valence-corrected chi connectivity index (χ2v) is 5.10. The van der Waals surface area contributed by atoms with Gasteiger partial charge in [-0.05, 0) is 18.3 Å². The van der Waals surface area contributed by atoms with Gasteiger partial charge in [0.2, 0.25) is 0 Å². The first kappa shape index (κ1) is 12.1. The van der Waals surface area contributed by atoms with Crippen LogP contribution in [0.2, 0.25) is 0 Å². The van der Waals surface area contributed by atoms with Crippen molar-refractivity contribution < 1.29 is 0 Å². The molecule has 1 rings (SSSR count). The highest BCUT2D eigenvalue weighted by Crippen LogP contribution is 2.45. The molecule has 84 valence electrons. The summed E-state index contributed by atoms with van der Waals surface area (Å²) < 4.78 is 0. The van der Waals surface area contributed by atoms with Crippen LogP contribution in [0.3, 0.4) is 0 Å². The molecule has 0 heteroatoms. The van der Waals surface area contributed by atoms with Crippen molar-refractivity contribution in [2.75, 3.05) is 0 Å². The van der Waals surface area contributed by atoms with Gasteiger partial charge in [0.25, 0.3) is 0 Å². The van der Waals surface area contributed by atoms with E-state index in [0.717, 1.165) is 11.8 Å². The number of hydrogen-bond donors (Lipinski definition) is 0. The van der Waals surface area contributed by atoms with Gasteiger partial charge in [-0.1, -0.05) is 71.6 Å². The molecule has 0 spiro atoms. The number of hydrogen-bond acceptors (Lipinski definition) is 0. The van der Waals surface area contributed by atoms with Crippen molar-refractivity contribution in [3.8, 4) is 0 Å². The highest BCUT2D eigenvalue weighted by Gasteiger charge is 2.34. The molecule has 0 aromatic rings. The van der Waals surface area contributed by atoms with Crippen molar-refractivity contribution in [2.24, 2.45) is 11.8 Å². The lowest BCUT2D eigenvalue weighted by atomic mass is 10.1. The van der Waals surface area contributed by atoms with Gasteiger partial charge in [-0.15, -0.1) is 0 Å². The van der Waals surface area contributed by atoms with Crippen LogP contribution in [-0.2, 0) is 0 Å². The molecule has 1 fully saturated rings. The smallest absolute Gasteiger partial charge is 0.0383 e. The molecule has 0 bridgehead atoms. The Bertz CT molecular complexity index is 128. The first-order chi connectivity index (χ1) is 6.88. The third-order valence-corrected chi connectivity index (χ3v) is 3.68. The van der Waals surface area contributed by atoms with E-state index in [1.54, 1.807) is 6.42 Å². The molecule has 1 aliphatic rings. The quantitative estimate of drug-likeness (QED) is 0.446. The Labute approximate surface area is 90.5 Å². The zero-order chi connectivity index (χ0) is 10.2. The number of unbranched alkanes of at least 4 members (excludes halogenated alkanes) is 5. The summed E-state index contributed by atoms with van der Waals surface area (Å²) in [7, 11) is 0. The van der Waals surface area contributed by atoms with Crippen molar-refractivity contribution in [2.45, 2.75) is 78.1 Å². The van der Waals surface area contributed by atoms with Crippen molar-refractivity contribution in [1.82, 2.24) is 0 Å². The minimum Gasteiger partial charge on any atom is -0.0654 e. The molecular formula is C14H28. The van der Waals surface area contributed by atoms with Crippen LogP contribution in [-0.4, -0.2) is 0 Å². The Morgan fingerprint density at radius 3 is 1.93 bits per heavy atom. The van der Waals surface area contributed by atoms with Crippen molar-refractivity contribution in [3.63, 3.8) is 0 Å². The monoisotopic (exact) mass is 196 g/mol. The van der Waals surface area contributed by atoms with Gasteiger partial charge >= 0.3 is 0 Å². The summed E-state index contributed by atoms with van der Waals surface area (Å²) in [4.78, 5) is 0. The van der Waals surface area contributed by atoms with E-state index in [0.29, 0.717) is 0 Å². The Morgan fingerprint density at radius 1 is 0.714 bits per heavy atom. The third kappa shape index (κ3) is 5.02. The molecule has 1 aliphatic carbocycles. The zero-order valence-electron chi connectivity index (χ0n) is 10.2. The van der Waals surface area contributed by atoms with E-state index in [2.05, 4.69) is 13.8 Å². The number of rotatable bonds is 9. The first-order valence-corrected chi connectivity index (χ1v) is 6.88. The van der Waals surface area contributed by atoms with Gasteiger partial charge in [0.15, 0.2) is 0 Å². The molecule has 0 heterocycles. The Hall–Kier alpha value is 0. The molecule has 0 unspecified atom stereocenters. The maximum absolute atomic E-state index is 2.31. The van der Waals surface area contributed by atoms with Crippen molar-refractivity contribution in [3.05, 3.63) is 0 Å². The largest absolute Gasteiger partial charge is 0.0654 e.